The molecule has 0 heterocycles. The molecular weight excluding hydrogens is 344 g/mol. The molecule has 0 saturated heterocycles. The maximum absolute atomic E-state index is 12.4. The third-order valence-corrected chi connectivity index (χ3v) is 4.31. The van der Waals surface area contributed by atoms with Crippen LogP contribution in [-0.4, -0.2) is 31.1 Å². The third kappa shape index (κ3) is 5.56. The number of carbonyl (C=O) groups is 2. The molecule has 2 aromatic rings. The fourth-order valence-corrected chi connectivity index (χ4v) is 2.54. The zero-order valence-corrected chi connectivity index (χ0v) is 15.5. The van der Waals surface area contributed by atoms with Crippen LogP contribution in [0.3, 0.4) is 0 Å². The summed E-state index contributed by atoms with van der Waals surface area (Å²) in [6.45, 7) is 1.99. The van der Waals surface area contributed by atoms with Crippen LogP contribution in [0, 0.1) is 0 Å². The maximum Gasteiger partial charge on any atom is 0.253 e. The summed E-state index contributed by atoms with van der Waals surface area (Å²) < 4.78 is 10.8. The monoisotopic (exact) mass is 368 g/mol. The molecule has 0 bridgehead atoms. The van der Waals surface area contributed by atoms with Gasteiger partial charge in [0.1, 0.15) is 11.9 Å². The van der Waals surface area contributed by atoms with Crippen LogP contribution < -0.4 is 15.4 Å². The highest BCUT2D eigenvalue weighted by Crippen LogP contribution is 2.20. The molecule has 0 radical (unpaired) electrons. The first-order chi connectivity index (χ1) is 13.0. The third-order valence-electron chi connectivity index (χ3n) is 4.31. The van der Waals surface area contributed by atoms with Crippen LogP contribution in [-0.2, 0) is 16.1 Å². The van der Waals surface area contributed by atoms with E-state index in [9.17, 15) is 9.59 Å². The van der Waals surface area contributed by atoms with Crippen LogP contribution in [0.5, 0.6) is 5.75 Å². The van der Waals surface area contributed by atoms with E-state index in [0.717, 1.165) is 24.2 Å². The molecule has 3 rings (SSSR count). The number of nitrogens with one attached hydrogen (secondary N) is 2. The number of anilines is 1. The van der Waals surface area contributed by atoms with Gasteiger partial charge in [-0.2, -0.15) is 0 Å². The van der Waals surface area contributed by atoms with Crippen LogP contribution in [0.2, 0.25) is 0 Å². The van der Waals surface area contributed by atoms with E-state index in [0.29, 0.717) is 23.9 Å². The van der Waals surface area contributed by atoms with Crippen molar-refractivity contribution >= 4 is 17.5 Å². The van der Waals surface area contributed by atoms with Gasteiger partial charge in [0.15, 0.2) is 0 Å². The van der Waals surface area contributed by atoms with E-state index in [1.165, 1.54) is 0 Å². The minimum Gasteiger partial charge on any atom is -0.497 e. The zero-order chi connectivity index (χ0) is 19.2. The van der Waals surface area contributed by atoms with Gasteiger partial charge in [0, 0.05) is 17.3 Å². The molecule has 1 atom stereocenters. The van der Waals surface area contributed by atoms with Gasteiger partial charge in [-0.1, -0.05) is 18.2 Å². The molecule has 2 amide bonds. The summed E-state index contributed by atoms with van der Waals surface area (Å²) in [6.07, 6.45) is 1.43. The molecule has 6 heteroatoms. The van der Waals surface area contributed by atoms with E-state index >= 15 is 0 Å². The van der Waals surface area contributed by atoms with Gasteiger partial charge in [-0.3, -0.25) is 9.59 Å². The smallest absolute Gasteiger partial charge is 0.253 e. The summed E-state index contributed by atoms with van der Waals surface area (Å²) in [4.78, 5) is 24.5. The Morgan fingerprint density at radius 3 is 2.67 bits per heavy atom. The minimum atomic E-state index is -0.639. The summed E-state index contributed by atoms with van der Waals surface area (Å²) >= 11 is 0. The zero-order valence-electron chi connectivity index (χ0n) is 15.5. The lowest BCUT2D eigenvalue weighted by molar-refractivity contribution is -0.127. The first-order valence-corrected chi connectivity index (χ1v) is 9.01. The average molecular weight is 368 g/mol. The molecule has 6 nitrogen and oxygen atoms in total. The lowest BCUT2D eigenvalue weighted by Gasteiger charge is -2.14. The number of hydrogen-bond acceptors (Lipinski definition) is 4. The number of benzene rings is 2. The normalized spacial score (nSPS) is 14.3. The van der Waals surface area contributed by atoms with Gasteiger partial charge >= 0.3 is 0 Å². The molecule has 27 heavy (non-hydrogen) atoms. The molecule has 2 aromatic carbocycles. The standard InChI is InChI=1S/C21H24N2O4/c1-14(27-13-15-5-3-8-19(11-15)26-2)20(24)23-18-7-4-6-16(12-18)21(25)22-17-9-10-17/h3-8,11-12,14,17H,9-10,13H2,1-2H3,(H,22,25)(H,23,24). The summed E-state index contributed by atoms with van der Waals surface area (Å²) in [7, 11) is 1.61. The Bertz CT molecular complexity index is 817. The lowest BCUT2D eigenvalue weighted by atomic mass is 10.2. The van der Waals surface area contributed by atoms with Gasteiger partial charge in [0.2, 0.25) is 0 Å². The van der Waals surface area contributed by atoms with Gasteiger partial charge in [-0.15, -0.1) is 0 Å². The number of rotatable bonds is 8. The second-order valence-corrected chi connectivity index (χ2v) is 6.62. The Balaban J connectivity index is 1.53. The predicted molar refractivity (Wildman–Crippen MR) is 103 cm³/mol. The van der Waals surface area contributed by atoms with Gasteiger partial charge in [0.25, 0.3) is 11.8 Å². The highest BCUT2D eigenvalue weighted by Gasteiger charge is 2.24. The topological polar surface area (TPSA) is 76.7 Å². The Kier molecular flexibility index (Phi) is 6.08. The number of amides is 2. The van der Waals surface area contributed by atoms with E-state index < -0.39 is 6.10 Å². The number of hydrogen-bond donors (Lipinski definition) is 2. The number of carbonyl (C=O) groups excluding carboxylic acids is 2. The largest absolute Gasteiger partial charge is 0.497 e. The molecule has 1 aliphatic carbocycles. The summed E-state index contributed by atoms with van der Waals surface area (Å²) in [6, 6.07) is 14.7. The summed E-state index contributed by atoms with van der Waals surface area (Å²) in [5.41, 5.74) is 2.03. The molecule has 1 aliphatic rings. The summed E-state index contributed by atoms with van der Waals surface area (Å²) in [5.74, 6) is 0.364. The van der Waals surface area contributed by atoms with Crippen LogP contribution in [0.15, 0.2) is 48.5 Å². The molecule has 0 aromatic heterocycles. The quantitative estimate of drug-likeness (QED) is 0.751. The molecule has 1 saturated carbocycles. The molecule has 0 spiro atoms. The van der Waals surface area contributed by atoms with Crippen molar-refractivity contribution in [3.05, 3.63) is 59.7 Å². The van der Waals surface area contributed by atoms with Crippen LogP contribution >= 0.6 is 0 Å². The Morgan fingerprint density at radius 2 is 1.93 bits per heavy atom. The fourth-order valence-electron chi connectivity index (χ4n) is 2.54. The van der Waals surface area contributed by atoms with Crippen molar-refractivity contribution in [2.45, 2.75) is 38.5 Å². The number of methoxy groups -OCH3 is 1. The number of ether oxygens (including phenoxy) is 2. The van der Waals surface area contributed by atoms with E-state index in [1.807, 2.05) is 24.3 Å². The lowest BCUT2D eigenvalue weighted by Crippen LogP contribution is -2.28. The first-order valence-electron chi connectivity index (χ1n) is 9.01. The van der Waals surface area contributed by atoms with Gasteiger partial charge in [-0.05, 0) is 55.7 Å². The minimum absolute atomic E-state index is 0.115. The molecule has 2 N–H and O–H groups in total. The molecule has 1 unspecified atom stereocenters. The van der Waals surface area contributed by atoms with Gasteiger partial charge in [0.05, 0.1) is 13.7 Å². The second kappa shape index (κ2) is 8.68. The van der Waals surface area contributed by atoms with Crippen molar-refractivity contribution < 1.29 is 19.1 Å². The van der Waals surface area contributed by atoms with Crippen LogP contribution in [0.25, 0.3) is 0 Å². The Morgan fingerprint density at radius 1 is 1.15 bits per heavy atom. The van der Waals surface area contributed by atoms with E-state index in [4.69, 9.17) is 9.47 Å². The Hall–Kier alpha value is -2.86. The van der Waals surface area contributed by atoms with Gasteiger partial charge < -0.3 is 20.1 Å². The second-order valence-electron chi connectivity index (χ2n) is 6.62. The predicted octanol–water partition coefficient (Wildman–Crippen LogP) is 3.13. The maximum atomic E-state index is 12.4. The first kappa shape index (κ1) is 18.9. The van der Waals surface area contributed by atoms with Gasteiger partial charge in [-0.25, -0.2) is 0 Å². The highest BCUT2D eigenvalue weighted by molar-refractivity contribution is 5.98. The van der Waals surface area contributed by atoms with Crippen LogP contribution in [0.4, 0.5) is 5.69 Å². The van der Waals surface area contributed by atoms with Crippen molar-refractivity contribution in [1.82, 2.24) is 5.32 Å². The van der Waals surface area contributed by atoms with Crippen molar-refractivity contribution in [2.75, 3.05) is 12.4 Å². The summed E-state index contributed by atoms with van der Waals surface area (Å²) in [5, 5.41) is 5.73. The van der Waals surface area contributed by atoms with Crippen molar-refractivity contribution in [1.29, 1.82) is 0 Å². The van der Waals surface area contributed by atoms with E-state index in [2.05, 4.69) is 10.6 Å². The van der Waals surface area contributed by atoms with E-state index in [-0.39, 0.29) is 11.8 Å². The van der Waals surface area contributed by atoms with E-state index in [1.54, 1.807) is 38.3 Å². The average Bonchev–Trinajstić information content (AvgIpc) is 3.50. The molecular formula is C21H24N2O4. The fraction of sp³-hybridized carbons (Fsp3) is 0.333. The highest BCUT2D eigenvalue weighted by atomic mass is 16.5. The SMILES string of the molecule is COc1cccc(COC(C)C(=O)Nc2cccc(C(=O)NC3CC3)c2)c1. The van der Waals surface area contributed by atoms with Crippen LogP contribution in [0.1, 0.15) is 35.7 Å². The van der Waals surface area contributed by atoms with Crippen molar-refractivity contribution in [2.24, 2.45) is 0 Å². The molecule has 142 valence electrons. The van der Waals surface area contributed by atoms with Crippen molar-refractivity contribution in [3.63, 3.8) is 0 Å². The molecule has 0 aliphatic heterocycles. The molecule has 1 fully saturated rings. The van der Waals surface area contributed by atoms with Crippen molar-refractivity contribution in [3.8, 4) is 5.75 Å². The Labute approximate surface area is 158 Å².